The maximum absolute atomic E-state index is 14.2. The highest BCUT2D eigenvalue weighted by Crippen LogP contribution is 2.19. The highest BCUT2D eigenvalue weighted by atomic mass is 32.2. The third kappa shape index (κ3) is 17.6. The number of halogens is 5. The summed E-state index contributed by atoms with van der Waals surface area (Å²) in [5.41, 5.74) is 2.27. The number of aryl methyl sites for hydroxylation is 1. The average molecular weight is 851 g/mol. The lowest BCUT2D eigenvalue weighted by molar-refractivity contribution is -0.192. The average Bonchev–Trinajstić information content (AvgIpc) is 3.13. The van der Waals surface area contributed by atoms with Gasteiger partial charge in [-0.25, -0.2) is 26.8 Å². The van der Waals surface area contributed by atoms with Crippen LogP contribution in [0.1, 0.15) is 82.9 Å². The lowest BCUT2D eigenvalue weighted by Crippen LogP contribution is -2.57. The number of piperidine rings is 1. The van der Waals surface area contributed by atoms with E-state index in [0.717, 1.165) is 29.7 Å². The number of nitrogens with one attached hydrogen (secondary N) is 3. The molecule has 1 heterocycles. The Kier molecular flexibility index (Phi) is 20.5. The van der Waals surface area contributed by atoms with Crippen molar-refractivity contribution in [3.05, 3.63) is 70.8 Å². The Morgan fingerprint density at radius 3 is 2.00 bits per heavy atom. The maximum atomic E-state index is 14.2. The molecule has 58 heavy (non-hydrogen) atoms. The number of likely N-dealkylation sites (tertiary alicyclic amines) is 1. The summed E-state index contributed by atoms with van der Waals surface area (Å²) in [4.78, 5) is 49.3. The van der Waals surface area contributed by atoms with E-state index in [9.17, 15) is 49.9 Å². The quantitative estimate of drug-likeness (QED) is 0.123. The summed E-state index contributed by atoms with van der Waals surface area (Å²) in [7, 11) is -3.91. The molecule has 1 aliphatic rings. The van der Waals surface area contributed by atoms with Crippen molar-refractivity contribution >= 4 is 33.7 Å². The summed E-state index contributed by atoms with van der Waals surface area (Å²) >= 11 is 0. The van der Waals surface area contributed by atoms with E-state index >= 15 is 0 Å². The Morgan fingerprint density at radius 2 is 1.48 bits per heavy atom. The molecule has 3 atom stereocenters. The topological polar surface area (TPSA) is 191 Å². The number of hydrogen-bond donors (Lipinski definition) is 5. The predicted molar refractivity (Wildman–Crippen MR) is 205 cm³/mol. The van der Waals surface area contributed by atoms with Crippen LogP contribution in [0.2, 0.25) is 0 Å². The third-order valence-corrected chi connectivity index (χ3v) is 11.7. The van der Waals surface area contributed by atoms with Gasteiger partial charge in [0.15, 0.2) is 9.84 Å². The van der Waals surface area contributed by atoms with Crippen LogP contribution in [-0.2, 0) is 48.3 Å². The van der Waals surface area contributed by atoms with Gasteiger partial charge in [0.1, 0.15) is 23.8 Å². The zero-order valence-corrected chi connectivity index (χ0v) is 33.9. The molecular weight excluding hydrogens is 796 g/mol. The van der Waals surface area contributed by atoms with Gasteiger partial charge in [-0.1, -0.05) is 57.9 Å². The zero-order chi connectivity index (χ0) is 43.6. The molecule has 5 N–H and O–H groups in total. The highest BCUT2D eigenvalue weighted by Gasteiger charge is 2.38. The molecule has 0 aromatic heterocycles. The van der Waals surface area contributed by atoms with Crippen molar-refractivity contribution in [1.29, 1.82) is 0 Å². The number of aliphatic hydroxyl groups excluding tert-OH is 1. The smallest absolute Gasteiger partial charge is 0.475 e. The molecule has 13 nitrogen and oxygen atoms in total. The van der Waals surface area contributed by atoms with Gasteiger partial charge < -0.3 is 35.8 Å². The fourth-order valence-electron chi connectivity index (χ4n) is 6.33. The molecule has 3 amide bonds. The molecular formula is C39H55F5N4O9S. The number of rotatable bonds is 19. The molecule has 1 aliphatic heterocycles. The van der Waals surface area contributed by atoms with Gasteiger partial charge in [-0.3, -0.25) is 9.59 Å². The molecule has 0 bridgehead atoms. The fraction of sp³-hybridized carbons (Fsp3) is 0.590. The van der Waals surface area contributed by atoms with E-state index in [-0.39, 0.29) is 24.4 Å². The first kappa shape index (κ1) is 49.8. The summed E-state index contributed by atoms with van der Waals surface area (Å²) in [6.45, 7) is 8.38. The Balaban J connectivity index is 0.00000151. The molecule has 0 spiro atoms. The van der Waals surface area contributed by atoms with E-state index in [0.29, 0.717) is 64.2 Å². The molecule has 1 saturated heterocycles. The lowest BCUT2D eigenvalue weighted by Gasteiger charge is -2.31. The van der Waals surface area contributed by atoms with E-state index in [1.165, 1.54) is 6.92 Å². The number of carboxylic acids is 1. The minimum atomic E-state index is -5.08. The molecule has 1 fully saturated rings. The number of alkyl carbamates (subject to hydrolysis) is 1. The number of carbonyl (C=O) groups excluding carboxylic acids is 3. The molecule has 19 heteroatoms. The number of hydrogen-bond acceptors (Lipinski definition) is 9. The number of aliphatic carboxylic acids is 1. The molecule has 3 rings (SSSR count). The van der Waals surface area contributed by atoms with Crippen molar-refractivity contribution < 1.29 is 64.5 Å². The maximum Gasteiger partial charge on any atom is 0.490 e. The van der Waals surface area contributed by atoms with Crippen molar-refractivity contribution in [2.24, 2.45) is 0 Å². The van der Waals surface area contributed by atoms with Crippen molar-refractivity contribution in [3.8, 4) is 0 Å². The van der Waals surface area contributed by atoms with Crippen LogP contribution in [0.5, 0.6) is 0 Å². The van der Waals surface area contributed by atoms with Crippen LogP contribution in [0, 0.1) is 11.6 Å². The van der Waals surface area contributed by atoms with Gasteiger partial charge in [-0.2, -0.15) is 13.2 Å². The van der Waals surface area contributed by atoms with Crippen LogP contribution in [0.25, 0.3) is 0 Å². The number of carboxylic acid groups (broad SMARTS) is 1. The van der Waals surface area contributed by atoms with Crippen molar-refractivity contribution in [1.82, 2.24) is 20.9 Å². The minimum absolute atomic E-state index is 0.0223. The predicted octanol–water partition coefficient (Wildman–Crippen LogP) is 4.83. The van der Waals surface area contributed by atoms with Crippen molar-refractivity contribution in [3.63, 3.8) is 0 Å². The zero-order valence-electron chi connectivity index (χ0n) is 33.1. The molecule has 2 aromatic rings. The normalized spacial score (nSPS) is 15.1. The number of carbonyl (C=O) groups is 4. The van der Waals surface area contributed by atoms with Crippen molar-refractivity contribution in [2.75, 3.05) is 25.4 Å². The van der Waals surface area contributed by atoms with Gasteiger partial charge >= 0.3 is 18.2 Å². The third-order valence-electron chi connectivity index (χ3n) is 9.39. The summed E-state index contributed by atoms with van der Waals surface area (Å²) in [6, 6.07) is 8.06. The minimum Gasteiger partial charge on any atom is -0.475 e. The van der Waals surface area contributed by atoms with Crippen molar-refractivity contribution in [2.45, 2.75) is 121 Å². The first-order valence-electron chi connectivity index (χ1n) is 19.1. The Labute approximate surface area is 336 Å². The van der Waals surface area contributed by atoms with Crippen LogP contribution in [-0.4, -0.2) is 109 Å². The molecule has 0 radical (unpaired) electrons. The number of benzene rings is 2. The van der Waals surface area contributed by atoms with Gasteiger partial charge in [0.2, 0.25) is 11.8 Å². The lowest BCUT2D eigenvalue weighted by atomic mass is 10.00. The van der Waals surface area contributed by atoms with Gasteiger partial charge in [0, 0.05) is 52.0 Å². The standard InChI is InChI=1S/C37H54F2N4O7S.C2HF3O2/c1-5-9-32(10-6-2)51(48,49)24-34(42-37(47)50-31-13-15-43(16-14-31)25(4)44)36(46)41-33(20-28-18-29(38)21-30(39)19-28)35(45)23-40-22-27-12-8-11-26(7-3)17-27;3-2(4,5)1(6)7/h8,11-12,17-19,21,31-35,40,45H,5-7,9-10,13-16,20,22-24H2,1-4H3,(H,41,46)(H,42,47);(H,6,7)/t33-,34-,35+;/m0./s1. The number of alkyl halides is 3. The number of sulfone groups is 1. The van der Waals surface area contributed by atoms with Gasteiger partial charge in [-0.05, 0) is 54.5 Å². The monoisotopic (exact) mass is 850 g/mol. The molecule has 2 aromatic carbocycles. The van der Waals surface area contributed by atoms with Gasteiger partial charge in [0.05, 0.1) is 23.1 Å². The molecule has 0 unspecified atom stereocenters. The van der Waals surface area contributed by atoms with Crippen LogP contribution in [0.15, 0.2) is 42.5 Å². The van der Waals surface area contributed by atoms with Gasteiger partial charge in [0.25, 0.3) is 0 Å². The largest absolute Gasteiger partial charge is 0.490 e. The van der Waals surface area contributed by atoms with Crippen LogP contribution < -0.4 is 16.0 Å². The van der Waals surface area contributed by atoms with E-state index < -0.39 is 80.9 Å². The second kappa shape index (κ2) is 23.9. The second-order valence-corrected chi connectivity index (χ2v) is 16.4. The van der Waals surface area contributed by atoms with Crippen LogP contribution in [0.4, 0.5) is 26.7 Å². The van der Waals surface area contributed by atoms with Crippen LogP contribution >= 0.6 is 0 Å². The van der Waals surface area contributed by atoms with Gasteiger partial charge in [-0.15, -0.1) is 0 Å². The number of nitrogens with zero attached hydrogens (tertiary/aromatic N) is 1. The molecule has 326 valence electrons. The first-order valence-corrected chi connectivity index (χ1v) is 20.9. The summed E-state index contributed by atoms with van der Waals surface area (Å²) in [5.74, 6) is -6.13. The van der Waals surface area contributed by atoms with E-state index in [2.05, 4.69) is 16.0 Å². The SMILES string of the molecule is CCCC(CCC)S(=O)(=O)C[C@H](NC(=O)OC1CCN(C(C)=O)CC1)C(=O)N[C@@H](Cc1cc(F)cc(F)c1)[C@H](O)CNCc1cccc(CC)c1.O=C(O)C(F)(F)F. The Bertz CT molecular complexity index is 1730. The second-order valence-electron chi connectivity index (χ2n) is 14.1. The fourth-order valence-corrected chi connectivity index (χ4v) is 8.49. The highest BCUT2D eigenvalue weighted by molar-refractivity contribution is 7.92. The first-order chi connectivity index (χ1) is 27.2. The Hall–Kier alpha value is -4.36. The number of amides is 3. The van der Waals surface area contributed by atoms with E-state index in [4.69, 9.17) is 14.6 Å². The number of aliphatic hydroxyl groups is 1. The Morgan fingerprint density at radius 1 is 0.914 bits per heavy atom. The number of ether oxygens (including phenoxy) is 1. The van der Waals surface area contributed by atoms with E-state index in [1.54, 1.807) is 4.90 Å². The van der Waals surface area contributed by atoms with Crippen LogP contribution in [0.3, 0.4) is 0 Å². The van der Waals surface area contributed by atoms with E-state index in [1.807, 2.05) is 45.0 Å². The molecule has 0 saturated carbocycles. The summed E-state index contributed by atoms with van der Waals surface area (Å²) in [5, 5.41) is 26.0. The summed E-state index contributed by atoms with van der Waals surface area (Å²) in [6.07, 6.45) is -4.52. The summed E-state index contributed by atoms with van der Waals surface area (Å²) < 4.78 is 92.9. The molecule has 0 aliphatic carbocycles.